The average Bonchev–Trinajstić information content (AvgIpc) is 3.58. The molecule has 0 radical (unpaired) electrons. The van der Waals surface area contributed by atoms with E-state index in [9.17, 15) is 0 Å². The van der Waals surface area contributed by atoms with E-state index in [1.807, 2.05) is 48.5 Å². The predicted octanol–water partition coefficient (Wildman–Crippen LogP) is 12.4. The van der Waals surface area contributed by atoms with E-state index in [1.165, 1.54) is 11.1 Å². The molecule has 0 aliphatic heterocycles. The van der Waals surface area contributed by atoms with Crippen LogP contribution in [0, 0.1) is 0 Å². The molecule has 0 saturated heterocycles. The number of hydrogen-bond donors (Lipinski definition) is 0. The van der Waals surface area contributed by atoms with Gasteiger partial charge in [0, 0.05) is 27.5 Å². The molecule has 51 heavy (non-hydrogen) atoms. The Morgan fingerprint density at radius 3 is 1.65 bits per heavy atom. The van der Waals surface area contributed by atoms with Crippen LogP contribution >= 0.6 is 0 Å². The van der Waals surface area contributed by atoms with E-state index in [0.717, 1.165) is 71.3 Å². The van der Waals surface area contributed by atoms with Crippen LogP contribution in [0.1, 0.15) is 0 Å². The molecule has 0 spiro atoms. The highest BCUT2D eigenvalue weighted by Crippen LogP contribution is 2.39. The Morgan fingerprint density at radius 2 is 0.863 bits per heavy atom. The van der Waals surface area contributed by atoms with Crippen molar-refractivity contribution in [3.8, 4) is 56.4 Å². The number of fused-ring (bicyclic) bond motifs is 5. The molecule has 0 bridgehead atoms. The summed E-state index contributed by atoms with van der Waals surface area (Å²) in [5, 5.41) is 6.66. The van der Waals surface area contributed by atoms with Crippen LogP contribution in [0.5, 0.6) is 0 Å². The highest BCUT2D eigenvalue weighted by molar-refractivity contribution is 6.09. The Bertz CT molecular complexity index is 2910. The van der Waals surface area contributed by atoms with Crippen LogP contribution in [-0.2, 0) is 0 Å². The summed E-state index contributed by atoms with van der Waals surface area (Å²) in [7, 11) is 0. The summed E-state index contributed by atoms with van der Waals surface area (Å²) in [6.45, 7) is 0. The lowest BCUT2D eigenvalue weighted by Gasteiger charge is -2.14. The Hall–Kier alpha value is -6.91. The zero-order valence-electron chi connectivity index (χ0n) is 27.5. The van der Waals surface area contributed by atoms with Gasteiger partial charge in [0.2, 0.25) is 0 Å². The summed E-state index contributed by atoms with van der Waals surface area (Å²) in [6, 6.07) is 61.1. The Kier molecular flexibility index (Phi) is 6.78. The zero-order valence-corrected chi connectivity index (χ0v) is 27.5. The van der Waals surface area contributed by atoms with Crippen molar-refractivity contribution in [3.63, 3.8) is 0 Å². The van der Waals surface area contributed by atoms with Gasteiger partial charge in [-0.1, -0.05) is 146 Å². The molecule has 0 atom stereocenters. The SMILES string of the molecule is c1ccc(-c2ccc3c(-c4nc(-c5ccccc5)nc(-c5ccc(-c6ccc7c(c6)oc6ccccc67)c6ccccc56)n4)cccc3c2)cc1. The maximum atomic E-state index is 6.26. The Morgan fingerprint density at radius 1 is 0.294 bits per heavy atom. The highest BCUT2D eigenvalue weighted by Gasteiger charge is 2.18. The van der Waals surface area contributed by atoms with Gasteiger partial charge < -0.3 is 4.42 Å². The van der Waals surface area contributed by atoms with Crippen molar-refractivity contribution in [3.05, 3.63) is 176 Å². The van der Waals surface area contributed by atoms with E-state index < -0.39 is 0 Å². The number of rotatable bonds is 5. The third-order valence-corrected chi connectivity index (χ3v) is 9.75. The number of aromatic nitrogens is 3. The topological polar surface area (TPSA) is 51.8 Å². The van der Waals surface area contributed by atoms with Crippen molar-refractivity contribution < 1.29 is 4.42 Å². The lowest BCUT2D eigenvalue weighted by atomic mass is 9.94. The molecule has 0 N–H and O–H groups in total. The minimum atomic E-state index is 0.632. The maximum Gasteiger partial charge on any atom is 0.164 e. The number of furan rings is 1. The van der Waals surface area contributed by atoms with Gasteiger partial charge in [0.25, 0.3) is 0 Å². The first-order valence-corrected chi connectivity index (χ1v) is 17.1. The fourth-order valence-electron chi connectivity index (χ4n) is 7.26. The minimum Gasteiger partial charge on any atom is -0.456 e. The molecule has 2 aromatic heterocycles. The van der Waals surface area contributed by atoms with Crippen molar-refractivity contribution >= 4 is 43.5 Å². The molecular formula is C47H29N3O. The molecular weight excluding hydrogens is 623 g/mol. The summed E-state index contributed by atoms with van der Waals surface area (Å²) in [5.41, 5.74) is 9.21. The van der Waals surface area contributed by atoms with E-state index >= 15 is 0 Å². The fraction of sp³-hybridized carbons (Fsp3) is 0. The number of hydrogen-bond acceptors (Lipinski definition) is 4. The van der Waals surface area contributed by atoms with Gasteiger partial charge in [-0.15, -0.1) is 0 Å². The lowest BCUT2D eigenvalue weighted by molar-refractivity contribution is 0.669. The molecule has 0 fully saturated rings. The quantitative estimate of drug-likeness (QED) is 0.186. The van der Waals surface area contributed by atoms with Crippen LogP contribution in [0.4, 0.5) is 0 Å². The van der Waals surface area contributed by atoms with Gasteiger partial charge in [0.1, 0.15) is 11.2 Å². The number of nitrogens with zero attached hydrogens (tertiary/aromatic N) is 3. The monoisotopic (exact) mass is 651 g/mol. The molecule has 4 nitrogen and oxygen atoms in total. The highest BCUT2D eigenvalue weighted by atomic mass is 16.3. The molecule has 8 aromatic carbocycles. The van der Waals surface area contributed by atoms with E-state index in [0.29, 0.717) is 17.5 Å². The van der Waals surface area contributed by atoms with Crippen molar-refractivity contribution in [2.75, 3.05) is 0 Å². The van der Waals surface area contributed by atoms with Crippen LogP contribution in [0.25, 0.3) is 99.9 Å². The van der Waals surface area contributed by atoms with Gasteiger partial charge in [0.05, 0.1) is 0 Å². The predicted molar refractivity (Wildman–Crippen MR) is 209 cm³/mol. The summed E-state index contributed by atoms with van der Waals surface area (Å²) in [4.78, 5) is 15.4. The smallest absolute Gasteiger partial charge is 0.164 e. The van der Waals surface area contributed by atoms with Crippen molar-refractivity contribution in [2.24, 2.45) is 0 Å². The third-order valence-electron chi connectivity index (χ3n) is 9.75. The molecule has 10 rings (SSSR count). The summed E-state index contributed by atoms with van der Waals surface area (Å²) in [5.74, 6) is 1.91. The van der Waals surface area contributed by atoms with Crippen LogP contribution in [0.15, 0.2) is 180 Å². The molecule has 0 saturated carbocycles. The molecule has 0 aliphatic carbocycles. The summed E-state index contributed by atoms with van der Waals surface area (Å²) < 4.78 is 6.26. The average molecular weight is 652 g/mol. The number of para-hydroxylation sites is 1. The van der Waals surface area contributed by atoms with E-state index in [2.05, 4.69) is 127 Å². The van der Waals surface area contributed by atoms with Crippen LogP contribution in [0.3, 0.4) is 0 Å². The fourth-order valence-corrected chi connectivity index (χ4v) is 7.26. The van der Waals surface area contributed by atoms with E-state index in [1.54, 1.807) is 0 Å². The molecule has 238 valence electrons. The molecule has 0 unspecified atom stereocenters. The summed E-state index contributed by atoms with van der Waals surface area (Å²) in [6.07, 6.45) is 0. The molecule has 10 aromatic rings. The molecule has 2 heterocycles. The first-order chi connectivity index (χ1) is 25.3. The lowest BCUT2D eigenvalue weighted by Crippen LogP contribution is -2.01. The Balaban J connectivity index is 1.15. The van der Waals surface area contributed by atoms with Crippen LogP contribution < -0.4 is 0 Å². The Labute approximate surface area is 294 Å². The number of benzene rings is 8. The van der Waals surface area contributed by atoms with Gasteiger partial charge in [-0.2, -0.15) is 0 Å². The van der Waals surface area contributed by atoms with Gasteiger partial charge >= 0.3 is 0 Å². The van der Waals surface area contributed by atoms with Crippen LogP contribution in [-0.4, -0.2) is 15.0 Å². The van der Waals surface area contributed by atoms with Crippen molar-refractivity contribution in [1.29, 1.82) is 0 Å². The first-order valence-electron chi connectivity index (χ1n) is 17.1. The van der Waals surface area contributed by atoms with E-state index in [4.69, 9.17) is 19.4 Å². The second-order valence-corrected chi connectivity index (χ2v) is 12.8. The van der Waals surface area contributed by atoms with Crippen molar-refractivity contribution in [2.45, 2.75) is 0 Å². The molecule has 0 amide bonds. The summed E-state index contributed by atoms with van der Waals surface area (Å²) >= 11 is 0. The maximum absolute atomic E-state index is 6.26. The van der Waals surface area contributed by atoms with Gasteiger partial charge in [-0.25, -0.2) is 15.0 Å². The van der Waals surface area contributed by atoms with Gasteiger partial charge in [0.15, 0.2) is 17.5 Å². The van der Waals surface area contributed by atoms with Gasteiger partial charge in [-0.05, 0) is 74.1 Å². The first kappa shape index (κ1) is 29.0. The zero-order chi connectivity index (χ0) is 33.7. The molecule has 4 heteroatoms. The van der Waals surface area contributed by atoms with Gasteiger partial charge in [-0.3, -0.25) is 0 Å². The standard InChI is InChI=1S/C47H29N3O/c1-3-12-30(13-4-1)32-22-24-36-33(28-32)16-11-20-41(36)46-48-45(31-14-5-2-6-15-31)49-47(50-46)42-27-26-35(37-17-7-8-18-38(37)42)34-23-25-40-39-19-9-10-21-43(39)51-44(40)29-34/h1-29H. The minimum absolute atomic E-state index is 0.632. The van der Waals surface area contributed by atoms with E-state index in [-0.39, 0.29) is 0 Å². The second-order valence-electron chi connectivity index (χ2n) is 12.8. The van der Waals surface area contributed by atoms with Crippen LogP contribution in [0.2, 0.25) is 0 Å². The molecule has 0 aliphatic rings. The largest absolute Gasteiger partial charge is 0.456 e. The third kappa shape index (κ3) is 5.04. The van der Waals surface area contributed by atoms with Crippen molar-refractivity contribution in [1.82, 2.24) is 15.0 Å². The second kappa shape index (κ2) is 11.9. The normalized spacial score (nSPS) is 11.5.